The van der Waals surface area contributed by atoms with Crippen LogP contribution in [-0.2, 0) is 9.59 Å². The van der Waals surface area contributed by atoms with Crippen LogP contribution in [0.1, 0.15) is 24.2 Å². The number of benzene rings is 1. The van der Waals surface area contributed by atoms with Gasteiger partial charge in [-0.3, -0.25) is 9.59 Å². The Labute approximate surface area is 227 Å². The third kappa shape index (κ3) is 6.31. The molecule has 6 nitrogen and oxygen atoms in total. The van der Waals surface area contributed by atoms with Crippen molar-refractivity contribution in [2.45, 2.75) is 13.8 Å². The zero-order chi connectivity index (χ0) is 16.3. The minimum Gasteiger partial charge on any atom is -0.545 e. The standard InChI is InChI=1S/C12H11I3N2O4.Cs/c1-4(18)3-16-10-7(13)6(12(20)21)8(14)11(9(10)15)17-5(2)19;/h16H,3H2,1-2H3,(H,17,19)(H,20,21);/q;+1/p-1. The summed E-state index contributed by atoms with van der Waals surface area (Å²) in [5, 5.41) is 16.9. The third-order valence-corrected chi connectivity index (χ3v) is 5.57. The predicted octanol–water partition coefficient (Wildman–Crippen LogP) is -1.17. The van der Waals surface area contributed by atoms with Crippen molar-refractivity contribution >= 4 is 96.8 Å². The number of nitrogens with one attached hydrogen (secondary N) is 2. The molecular formula is C12H10CsI3N2O4. The zero-order valence-corrected chi connectivity index (χ0v) is 24.7. The van der Waals surface area contributed by atoms with Gasteiger partial charge < -0.3 is 20.5 Å². The third-order valence-electron chi connectivity index (χ3n) is 2.34. The summed E-state index contributed by atoms with van der Waals surface area (Å²) in [5.74, 6) is -1.73. The molecule has 1 aromatic carbocycles. The molecule has 1 aromatic rings. The molecule has 0 aromatic heterocycles. The number of amides is 1. The monoisotopic (exact) mass is 760 g/mol. The summed E-state index contributed by atoms with van der Waals surface area (Å²) in [6.45, 7) is 2.83. The van der Waals surface area contributed by atoms with Crippen molar-refractivity contribution in [1.82, 2.24) is 0 Å². The van der Waals surface area contributed by atoms with Crippen molar-refractivity contribution in [3.8, 4) is 0 Å². The maximum Gasteiger partial charge on any atom is 1.00 e. The Hall–Kier alpha value is 1.87. The maximum atomic E-state index is 11.4. The van der Waals surface area contributed by atoms with E-state index in [0.717, 1.165) is 0 Å². The normalized spacial score (nSPS) is 9.68. The van der Waals surface area contributed by atoms with Crippen molar-refractivity contribution in [3.05, 3.63) is 16.3 Å². The van der Waals surface area contributed by atoms with Crippen LogP contribution in [0.25, 0.3) is 0 Å². The molecule has 0 aliphatic heterocycles. The number of hydrogen-bond donors (Lipinski definition) is 2. The first kappa shape index (κ1) is 23.9. The first-order valence-corrected chi connectivity index (χ1v) is 8.83. The maximum absolute atomic E-state index is 11.4. The minimum absolute atomic E-state index is 0. The average Bonchev–Trinajstić information content (AvgIpc) is 2.33. The molecule has 0 atom stereocenters. The van der Waals surface area contributed by atoms with E-state index in [9.17, 15) is 19.5 Å². The number of aromatic carboxylic acids is 1. The van der Waals surface area contributed by atoms with Gasteiger partial charge in [0.25, 0.3) is 0 Å². The zero-order valence-electron chi connectivity index (χ0n) is 12.0. The predicted molar refractivity (Wildman–Crippen MR) is 102 cm³/mol. The molecule has 10 heteroatoms. The Morgan fingerprint density at radius 3 is 1.91 bits per heavy atom. The van der Waals surface area contributed by atoms with Gasteiger partial charge in [-0.1, -0.05) is 0 Å². The summed E-state index contributed by atoms with van der Waals surface area (Å²) < 4.78 is 1.48. The molecule has 1 amide bonds. The van der Waals surface area contributed by atoms with E-state index in [2.05, 4.69) is 10.6 Å². The van der Waals surface area contributed by atoms with Gasteiger partial charge in [-0.15, -0.1) is 0 Å². The van der Waals surface area contributed by atoms with Gasteiger partial charge in [0.15, 0.2) is 0 Å². The fraction of sp³-hybridized carbons (Fsp3) is 0.250. The molecule has 1 rings (SSSR count). The van der Waals surface area contributed by atoms with Crippen LogP contribution in [0.15, 0.2) is 0 Å². The quantitative estimate of drug-likeness (QED) is 0.370. The summed E-state index contributed by atoms with van der Waals surface area (Å²) in [6, 6.07) is 0. The van der Waals surface area contributed by atoms with Crippen molar-refractivity contribution in [2.24, 2.45) is 0 Å². The van der Waals surface area contributed by atoms with Gasteiger partial charge in [0.2, 0.25) is 5.91 Å². The second kappa shape index (κ2) is 10.8. The Morgan fingerprint density at radius 2 is 1.50 bits per heavy atom. The molecule has 0 bridgehead atoms. The van der Waals surface area contributed by atoms with E-state index in [0.29, 0.717) is 22.1 Å². The first-order valence-electron chi connectivity index (χ1n) is 5.59. The van der Waals surface area contributed by atoms with Crippen molar-refractivity contribution < 1.29 is 88.4 Å². The number of halogens is 3. The number of Topliss-reactive ketones (excluding diaryl/α,β-unsaturated/α-hetero) is 1. The number of carbonyl (C=O) groups is 3. The van der Waals surface area contributed by atoms with E-state index >= 15 is 0 Å². The number of anilines is 2. The van der Waals surface area contributed by atoms with E-state index in [1.807, 2.05) is 67.8 Å². The van der Waals surface area contributed by atoms with E-state index in [1.165, 1.54) is 13.8 Å². The smallest absolute Gasteiger partial charge is 0.545 e. The van der Waals surface area contributed by atoms with Gasteiger partial charge in [-0.25, -0.2) is 0 Å². The van der Waals surface area contributed by atoms with Gasteiger partial charge in [-0.2, -0.15) is 0 Å². The van der Waals surface area contributed by atoms with Crippen LogP contribution in [0.5, 0.6) is 0 Å². The fourth-order valence-electron chi connectivity index (χ4n) is 1.50. The summed E-state index contributed by atoms with van der Waals surface area (Å²) in [5.41, 5.74) is 0.885. The van der Waals surface area contributed by atoms with Crippen LogP contribution in [0, 0.1) is 10.7 Å². The molecule has 0 fully saturated rings. The summed E-state index contributed by atoms with van der Waals surface area (Å²) >= 11 is 5.75. The van der Waals surface area contributed by atoms with Crippen molar-refractivity contribution in [2.75, 3.05) is 17.2 Å². The van der Waals surface area contributed by atoms with Crippen LogP contribution in [-0.4, -0.2) is 24.2 Å². The van der Waals surface area contributed by atoms with Gasteiger partial charge in [0, 0.05) is 19.6 Å². The number of carbonyl (C=O) groups excluding carboxylic acids is 3. The molecule has 0 saturated carbocycles. The second-order valence-electron chi connectivity index (χ2n) is 4.09. The molecule has 0 radical (unpaired) electrons. The molecule has 0 aliphatic carbocycles. The Balaban J connectivity index is 0.00000441. The van der Waals surface area contributed by atoms with Gasteiger partial charge >= 0.3 is 68.9 Å². The Bertz CT molecular complexity index is 638. The molecule has 0 saturated heterocycles. The van der Waals surface area contributed by atoms with Crippen LogP contribution in [0.4, 0.5) is 11.4 Å². The first-order chi connectivity index (χ1) is 9.66. The van der Waals surface area contributed by atoms with Crippen molar-refractivity contribution in [3.63, 3.8) is 0 Å². The summed E-state index contributed by atoms with van der Waals surface area (Å²) in [7, 11) is 0. The molecule has 114 valence electrons. The molecule has 0 heterocycles. The number of carboxylic acid groups (broad SMARTS) is 1. The summed E-state index contributed by atoms with van der Waals surface area (Å²) in [4.78, 5) is 33.8. The number of carboxylic acids is 1. The average molecular weight is 760 g/mol. The van der Waals surface area contributed by atoms with Gasteiger partial charge in [0.05, 0.1) is 27.5 Å². The van der Waals surface area contributed by atoms with E-state index in [1.54, 1.807) is 0 Å². The molecule has 22 heavy (non-hydrogen) atoms. The molecular weight excluding hydrogens is 750 g/mol. The van der Waals surface area contributed by atoms with Crippen LogP contribution in [0.2, 0.25) is 0 Å². The minimum atomic E-state index is -1.34. The number of rotatable bonds is 5. The Morgan fingerprint density at radius 1 is 1.00 bits per heavy atom. The number of hydrogen-bond acceptors (Lipinski definition) is 5. The van der Waals surface area contributed by atoms with Gasteiger partial charge in [0.1, 0.15) is 5.78 Å². The van der Waals surface area contributed by atoms with Crippen molar-refractivity contribution in [1.29, 1.82) is 0 Å². The number of ketones is 1. The van der Waals surface area contributed by atoms with E-state index < -0.39 is 5.97 Å². The Kier molecular flexibility index (Phi) is 11.7. The largest absolute Gasteiger partial charge is 1.00 e. The van der Waals surface area contributed by atoms with Crippen LogP contribution < -0.4 is 84.6 Å². The summed E-state index contributed by atoms with van der Waals surface area (Å²) in [6.07, 6.45) is 0. The molecule has 0 aliphatic rings. The van der Waals surface area contributed by atoms with Gasteiger partial charge in [-0.05, 0) is 74.7 Å². The molecule has 0 unspecified atom stereocenters. The molecule has 0 spiro atoms. The SMILES string of the molecule is CC(=O)CNc1c(I)c(NC(C)=O)c(I)c(C(=O)[O-])c1I.[Cs+]. The topological polar surface area (TPSA) is 98.3 Å². The molecule has 2 N–H and O–H groups in total. The van der Waals surface area contributed by atoms with E-state index in [-0.39, 0.29) is 92.7 Å². The van der Waals surface area contributed by atoms with Crippen LogP contribution >= 0.6 is 67.8 Å². The van der Waals surface area contributed by atoms with Crippen LogP contribution in [0.3, 0.4) is 0 Å². The second-order valence-corrected chi connectivity index (χ2v) is 7.33. The fourth-order valence-corrected chi connectivity index (χ4v) is 5.75. The van der Waals surface area contributed by atoms with E-state index in [4.69, 9.17) is 0 Å².